The van der Waals surface area contributed by atoms with Gasteiger partial charge in [-0.3, -0.25) is 4.79 Å². The van der Waals surface area contributed by atoms with Crippen LogP contribution in [0.4, 0.5) is 5.69 Å². The van der Waals surface area contributed by atoms with Crippen LogP contribution in [0.25, 0.3) is 22.2 Å². The van der Waals surface area contributed by atoms with Crippen molar-refractivity contribution in [3.05, 3.63) is 48.0 Å². The van der Waals surface area contributed by atoms with E-state index in [-0.39, 0.29) is 10.8 Å². The zero-order valence-corrected chi connectivity index (χ0v) is 22.0. The number of fused-ring (bicyclic) bond motifs is 1. The molecular formula is C27H34N4O4S. The topological polar surface area (TPSA) is 85.9 Å². The van der Waals surface area contributed by atoms with Crippen LogP contribution in [-0.2, 0) is 19.6 Å². The predicted octanol–water partition coefficient (Wildman–Crippen LogP) is 3.61. The number of likely N-dealkylation sites (N-methyl/N-ethyl adjacent to an activating group) is 1. The molecule has 192 valence electrons. The van der Waals surface area contributed by atoms with Crippen LogP contribution in [0, 0.1) is 6.92 Å². The number of hydrogen-bond acceptors (Lipinski definition) is 5. The highest BCUT2D eigenvalue weighted by molar-refractivity contribution is 7.89. The molecule has 1 amide bonds. The van der Waals surface area contributed by atoms with E-state index < -0.39 is 16.1 Å². The zero-order valence-electron chi connectivity index (χ0n) is 21.2. The van der Waals surface area contributed by atoms with Gasteiger partial charge in [0.05, 0.1) is 18.1 Å². The number of carbonyl (C=O) groups is 1. The van der Waals surface area contributed by atoms with Crippen LogP contribution >= 0.6 is 0 Å². The minimum absolute atomic E-state index is 0.180. The number of sulfonamides is 1. The number of H-pyrrole nitrogens is 1. The summed E-state index contributed by atoms with van der Waals surface area (Å²) >= 11 is 0. The number of benzene rings is 2. The molecule has 1 aromatic heterocycles. The van der Waals surface area contributed by atoms with E-state index in [1.165, 1.54) is 11.4 Å². The molecule has 2 fully saturated rings. The lowest BCUT2D eigenvalue weighted by molar-refractivity contribution is -0.138. The third-order valence-corrected chi connectivity index (χ3v) is 9.31. The van der Waals surface area contributed by atoms with Crippen molar-refractivity contribution in [1.82, 2.24) is 14.2 Å². The first kappa shape index (κ1) is 24.8. The molecule has 36 heavy (non-hydrogen) atoms. The minimum Gasteiger partial charge on any atom is -0.378 e. The summed E-state index contributed by atoms with van der Waals surface area (Å²) in [6.45, 7) is 7.50. The van der Waals surface area contributed by atoms with Crippen molar-refractivity contribution in [1.29, 1.82) is 0 Å². The largest absolute Gasteiger partial charge is 0.378 e. The summed E-state index contributed by atoms with van der Waals surface area (Å²) in [7, 11) is -2.42. The Balaban J connectivity index is 1.52. The lowest BCUT2D eigenvalue weighted by Gasteiger charge is -2.32. The van der Waals surface area contributed by atoms with Gasteiger partial charge in [-0.05, 0) is 62.6 Å². The number of aromatic amines is 1. The molecule has 1 unspecified atom stereocenters. The Labute approximate surface area is 212 Å². The SMILES string of the molecule is Cc1ccc2cc(-c3cc(S(=O)(=O)N(C)C(C)C(=O)N4CCOCC4)ccc3N3CCCC3)[nH]c2c1. The fourth-order valence-electron chi connectivity index (χ4n) is 5.09. The molecule has 2 aliphatic rings. The second-order valence-electron chi connectivity index (χ2n) is 9.78. The summed E-state index contributed by atoms with van der Waals surface area (Å²) in [5.41, 5.74) is 4.94. The molecule has 2 saturated heterocycles. The van der Waals surface area contributed by atoms with E-state index in [0.29, 0.717) is 26.3 Å². The summed E-state index contributed by atoms with van der Waals surface area (Å²) in [6.07, 6.45) is 2.24. The highest BCUT2D eigenvalue weighted by Gasteiger charge is 2.33. The number of aromatic nitrogens is 1. The van der Waals surface area contributed by atoms with Gasteiger partial charge in [0, 0.05) is 61.1 Å². The van der Waals surface area contributed by atoms with Crippen molar-refractivity contribution in [3.8, 4) is 11.3 Å². The lowest BCUT2D eigenvalue weighted by atomic mass is 10.1. The molecule has 0 bridgehead atoms. The van der Waals surface area contributed by atoms with Crippen LogP contribution in [0.5, 0.6) is 0 Å². The van der Waals surface area contributed by atoms with E-state index in [1.54, 1.807) is 24.0 Å². The Morgan fingerprint density at radius 3 is 2.47 bits per heavy atom. The Morgan fingerprint density at radius 1 is 1.03 bits per heavy atom. The summed E-state index contributed by atoms with van der Waals surface area (Å²) in [6, 6.07) is 12.8. The van der Waals surface area contributed by atoms with E-state index in [2.05, 4.69) is 41.1 Å². The number of nitrogens with zero attached hydrogens (tertiary/aromatic N) is 3. The maximum Gasteiger partial charge on any atom is 0.243 e. The highest BCUT2D eigenvalue weighted by atomic mass is 32.2. The fourth-order valence-corrected chi connectivity index (χ4v) is 6.43. The molecule has 0 aliphatic carbocycles. The Hall–Kier alpha value is -2.88. The van der Waals surface area contributed by atoms with Gasteiger partial charge in [-0.25, -0.2) is 8.42 Å². The van der Waals surface area contributed by atoms with Crippen molar-refractivity contribution in [2.45, 2.75) is 37.6 Å². The number of nitrogens with one attached hydrogen (secondary N) is 1. The van der Waals surface area contributed by atoms with Crippen LogP contribution in [0.15, 0.2) is 47.4 Å². The maximum absolute atomic E-state index is 13.7. The molecule has 3 aromatic rings. The van der Waals surface area contributed by atoms with E-state index in [0.717, 1.165) is 59.3 Å². The van der Waals surface area contributed by atoms with Gasteiger partial charge >= 0.3 is 0 Å². The van der Waals surface area contributed by atoms with Crippen molar-refractivity contribution in [2.24, 2.45) is 0 Å². The molecule has 9 heteroatoms. The average molecular weight is 511 g/mol. The van der Waals surface area contributed by atoms with E-state index in [4.69, 9.17) is 4.74 Å². The molecule has 0 spiro atoms. The normalized spacial score (nSPS) is 17.8. The van der Waals surface area contributed by atoms with Crippen LogP contribution < -0.4 is 4.90 Å². The average Bonchev–Trinajstić information content (AvgIpc) is 3.57. The molecule has 1 N–H and O–H groups in total. The first-order valence-corrected chi connectivity index (χ1v) is 14.0. The highest BCUT2D eigenvalue weighted by Crippen LogP contribution is 2.36. The Bertz CT molecular complexity index is 1370. The third kappa shape index (κ3) is 4.63. The quantitative estimate of drug-likeness (QED) is 0.548. The smallest absolute Gasteiger partial charge is 0.243 e. The van der Waals surface area contributed by atoms with Gasteiger partial charge < -0.3 is 19.5 Å². The van der Waals surface area contributed by atoms with Gasteiger partial charge in [0.2, 0.25) is 15.9 Å². The summed E-state index contributed by atoms with van der Waals surface area (Å²) in [5, 5.41) is 1.08. The zero-order chi connectivity index (χ0) is 25.4. The predicted molar refractivity (Wildman–Crippen MR) is 142 cm³/mol. The summed E-state index contributed by atoms with van der Waals surface area (Å²) in [4.78, 5) is 20.7. The molecule has 2 aromatic carbocycles. The number of amides is 1. The fraction of sp³-hybridized carbons (Fsp3) is 0.444. The monoisotopic (exact) mass is 510 g/mol. The summed E-state index contributed by atoms with van der Waals surface area (Å²) < 4.78 is 33.9. The second kappa shape index (κ2) is 9.88. The van der Waals surface area contributed by atoms with E-state index >= 15 is 0 Å². The Kier molecular flexibility index (Phi) is 6.80. The third-order valence-electron chi connectivity index (χ3n) is 7.39. The molecular weight excluding hydrogens is 476 g/mol. The van der Waals surface area contributed by atoms with E-state index in [1.807, 2.05) is 6.07 Å². The van der Waals surface area contributed by atoms with Crippen molar-refractivity contribution in [3.63, 3.8) is 0 Å². The molecule has 0 saturated carbocycles. The number of carbonyl (C=O) groups excluding carboxylic acids is 1. The van der Waals surface area contributed by atoms with Gasteiger partial charge in [-0.2, -0.15) is 4.31 Å². The van der Waals surface area contributed by atoms with Crippen LogP contribution in [-0.4, -0.2) is 81.0 Å². The number of rotatable bonds is 6. The molecule has 1 atom stereocenters. The maximum atomic E-state index is 13.7. The van der Waals surface area contributed by atoms with Crippen molar-refractivity contribution in [2.75, 3.05) is 51.3 Å². The van der Waals surface area contributed by atoms with Crippen LogP contribution in [0.1, 0.15) is 25.3 Å². The number of aryl methyl sites for hydroxylation is 1. The molecule has 0 radical (unpaired) electrons. The molecule has 3 heterocycles. The van der Waals surface area contributed by atoms with Gasteiger partial charge in [-0.15, -0.1) is 0 Å². The number of anilines is 1. The molecule has 5 rings (SSSR count). The lowest BCUT2D eigenvalue weighted by Crippen LogP contribution is -2.50. The first-order chi connectivity index (χ1) is 17.3. The number of ether oxygens (including phenoxy) is 1. The molecule has 2 aliphatic heterocycles. The van der Waals surface area contributed by atoms with Crippen molar-refractivity contribution < 1.29 is 17.9 Å². The second-order valence-corrected chi connectivity index (χ2v) is 11.8. The number of morpholine rings is 1. The van der Waals surface area contributed by atoms with Gasteiger partial charge in [0.25, 0.3) is 0 Å². The molecule has 8 nitrogen and oxygen atoms in total. The van der Waals surface area contributed by atoms with Crippen LogP contribution in [0.2, 0.25) is 0 Å². The van der Waals surface area contributed by atoms with Gasteiger partial charge in [0.15, 0.2) is 0 Å². The Morgan fingerprint density at radius 2 is 1.75 bits per heavy atom. The van der Waals surface area contributed by atoms with Gasteiger partial charge in [-0.1, -0.05) is 12.1 Å². The van der Waals surface area contributed by atoms with Crippen LogP contribution in [0.3, 0.4) is 0 Å². The standard InChI is InChI=1S/C27H34N4O4S/c1-19-6-7-21-17-25(28-24(21)16-19)23-18-22(8-9-26(23)30-10-4-5-11-30)36(33,34)29(3)20(2)27(32)31-12-14-35-15-13-31/h6-9,16-18,20,28H,4-5,10-15H2,1-3H3. The first-order valence-electron chi connectivity index (χ1n) is 12.6. The summed E-state index contributed by atoms with van der Waals surface area (Å²) in [5.74, 6) is -0.204. The van der Waals surface area contributed by atoms with Crippen molar-refractivity contribution >= 4 is 32.5 Å². The van der Waals surface area contributed by atoms with E-state index in [9.17, 15) is 13.2 Å². The minimum atomic E-state index is -3.91. The van der Waals surface area contributed by atoms with Gasteiger partial charge in [0.1, 0.15) is 6.04 Å². The number of hydrogen-bond donors (Lipinski definition) is 1.